The van der Waals surface area contributed by atoms with Gasteiger partial charge >= 0.3 is 0 Å². The van der Waals surface area contributed by atoms with E-state index in [2.05, 4.69) is 48.4 Å². The van der Waals surface area contributed by atoms with Gasteiger partial charge in [-0.05, 0) is 47.8 Å². The first-order valence-electron chi connectivity index (χ1n) is 10.3. The highest BCUT2D eigenvalue weighted by Gasteiger charge is 2.23. The van der Waals surface area contributed by atoms with Gasteiger partial charge in [-0.25, -0.2) is 10.4 Å². The van der Waals surface area contributed by atoms with Crippen molar-refractivity contribution in [3.8, 4) is 0 Å². The smallest absolute Gasteiger partial charge is 0.262 e. The van der Waals surface area contributed by atoms with Crippen molar-refractivity contribution in [1.29, 1.82) is 0 Å². The average molecular weight is 423 g/mol. The Morgan fingerprint density at radius 1 is 1.37 bits per heavy atom. The molecule has 30 heavy (non-hydrogen) atoms. The second kappa shape index (κ2) is 8.52. The summed E-state index contributed by atoms with van der Waals surface area (Å²) in [5, 5.41) is 4.70. The van der Waals surface area contributed by atoms with Gasteiger partial charge in [-0.15, -0.1) is 11.3 Å². The predicted octanol–water partition coefficient (Wildman–Crippen LogP) is 3.86. The van der Waals surface area contributed by atoms with E-state index in [0.717, 1.165) is 35.2 Å². The molecule has 4 rings (SSSR count). The fraction of sp³-hybridized carbons (Fsp3) is 0.391. The molecular weight excluding hydrogens is 396 g/mol. The molecule has 1 amide bonds. The van der Waals surface area contributed by atoms with Crippen molar-refractivity contribution >= 4 is 33.7 Å². The summed E-state index contributed by atoms with van der Waals surface area (Å²) in [5.41, 5.74) is 5.64. The zero-order chi connectivity index (χ0) is 21.3. The fourth-order valence-electron chi connectivity index (χ4n) is 3.81. The highest BCUT2D eigenvalue weighted by Crippen LogP contribution is 2.35. The number of carbonyl (C=O) groups excluding carboxylic acids is 1. The Kier molecular flexibility index (Phi) is 5.81. The Hall–Kier alpha value is -2.80. The summed E-state index contributed by atoms with van der Waals surface area (Å²) in [6.07, 6.45) is 6.06. The molecule has 1 aliphatic rings. The minimum atomic E-state index is -0.356. The molecule has 3 aromatic rings. The summed E-state index contributed by atoms with van der Waals surface area (Å²) in [6, 6.07) is 8.04. The van der Waals surface area contributed by atoms with Crippen molar-refractivity contribution < 1.29 is 4.79 Å². The number of aryl methyl sites for hydroxylation is 1. The Morgan fingerprint density at radius 2 is 2.13 bits per heavy atom. The van der Waals surface area contributed by atoms with Crippen LogP contribution in [0, 0.1) is 5.92 Å². The van der Waals surface area contributed by atoms with Gasteiger partial charge in [0.15, 0.2) is 0 Å². The molecule has 6 nitrogen and oxygen atoms in total. The van der Waals surface area contributed by atoms with E-state index in [1.165, 1.54) is 21.3 Å². The van der Waals surface area contributed by atoms with Crippen LogP contribution in [0.15, 0.2) is 40.5 Å². The third-order valence-electron chi connectivity index (χ3n) is 5.60. The van der Waals surface area contributed by atoms with Gasteiger partial charge in [0.1, 0.15) is 11.4 Å². The van der Waals surface area contributed by atoms with Gasteiger partial charge in [0.25, 0.3) is 11.5 Å². The van der Waals surface area contributed by atoms with Crippen LogP contribution in [0.3, 0.4) is 0 Å². The molecule has 0 spiro atoms. The highest BCUT2D eigenvalue weighted by molar-refractivity contribution is 7.18. The SMILES string of the molecule is CC(C)c1ccc(C=NNC(=O)Cn2cnc3sc4c(c3c2=O)CC[C@@H](C)C4)cc1. The maximum atomic E-state index is 13.0. The molecule has 156 valence electrons. The van der Waals surface area contributed by atoms with E-state index in [-0.39, 0.29) is 18.0 Å². The minimum absolute atomic E-state index is 0.105. The number of thiophene rings is 1. The Bertz CT molecular complexity index is 1160. The molecule has 7 heteroatoms. The van der Waals surface area contributed by atoms with Crippen LogP contribution >= 0.6 is 11.3 Å². The summed E-state index contributed by atoms with van der Waals surface area (Å²) >= 11 is 1.61. The van der Waals surface area contributed by atoms with E-state index in [0.29, 0.717) is 17.2 Å². The molecule has 0 fully saturated rings. The fourth-order valence-corrected chi connectivity index (χ4v) is 5.16. The molecule has 1 aromatic carbocycles. The number of benzene rings is 1. The Morgan fingerprint density at radius 3 is 2.87 bits per heavy atom. The number of nitrogens with one attached hydrogen (secondary N) is 1. The second-order valence-corrected chi connectivity index (χ2v) is 9.41. The maximum absolute atomic E-state index is 13.0. The lowest BCUT2D eigenvalue weighted by molar-refractivity contribution is -0.121. The van der Waals surface area contributed by atoms with E-state index in [1.807, 2.05) is 12.1 Å². The normalized spacial score (nSPS) is 16.3. The lowest BCUT2D eigenvalue weighted by atomic mass is 9.89. The monoisotopic (exact) mass is 422 g/mol. The number of amides is 1. The van der Waals surface area contributed by atoms with Crippen LogP contribution in [0.25, 0.3) is 10.2 Å². The van der Waals surface area contributed by atoms with Gasteiger partial charge < -0.3 is 0 Å². The summed E-state index contributed by atoms with van der Waals surface area (Å²) in [7, 11) is 0. The van der Waals surface area contributed by atoms with Gasteiger partial charge in [-0.2, -0.15) is 5.10 Å². The van der Waals surface area contributed by atoms with E-state index < -0.39 is 0 Å². The number of hydrogen-bond donors (Lipinski definition) is 1. The minimum Gasteiger partial charge on any atom is -0.289 e. The van der Waals surface area contributed by atoms with E-state index in [1.54, 1.807) is 17.6 Å². The molecule has 0 aliphatic heterocycles. The topological polar surface area (TPSA) is 76.3 Å². The zero-order valence-electron chi connectivity index (χ0n) is 17.5. The summed E-state index contributed by atoms with van der Waals surface area (Å²) in [6.45, 7) is 6.42. The first kappa shape index (κ1) is 20.5. The van der Waals surface area contributed by atoms with Gasteiger partial charge in [-0.3, -0.25) is 14.2 Å². The lowest BCUT2D eigenvalue weighted by Gasteiger charge is -2.17. The molecule has 2 aromatic heterocycles. The molecule has 0 bridgehead atoms. The summed E-state index contributed by atoms with van der Waals surface area (Å²) in [5.74, 6) is 0.751. The molecule has 1 aliphatic carbocycles. The molecular formula is C23H26N4O2S. The number of fused-ring (bicyclic) bond motifs is 3. The number of hydrogen-bond acceptors (Lipinski definition) is 5. The van der Waals surface area contributed by atoms with Crippen LogP contribution in [0.2, 0.25) is 0 Å². The van der Waals surface area contributed by atoms with Crippen molar-refractivity contribution in [2.75, 3.05) is 0 Å². The van der Waals surface area contributed by atoms with Gasteiger partial charge in [0.05, 0.1) is 17.9 Å². The van der Waals surface area contributed by atoms with Crippen molar-refractivity contribution in [2.45, 2.75) is 52.5 Å². The number of carbonyl (C=O) groups is 1. The number of nitrogens with zero attached hydrogens (tertiary/aromatic N) is 3. The average Bonchev–Trinajstić information content (AvgIpc) is 3.08. The summed E-state index contributed by atoms with van der Waals surface area (Å²) in [4.78, 5) is 31.7. The zero-order valence-corrected chi connectivity index (χ0v) is 18.3. The number of hydrazone groups is 1. The molecule has 0 saturated heterocycles. The quantitative estimate of drug-likeness (QED) is 0.501. The van der Waals surface area contributed by atoms with Crippen molar-refractivity contribution in [2.24, 2.45) is 11.0 Å². The molecule has 2 heterocycles. The Labute approximate surface area is 179 Å². The molecule has 1 atom stereocenters. The van der Waals surface area contributed by atoms with Crippen LogP contribution in [0.4, 0.5) is 0 Å². The molecule has 0 saturated carbocycles. The van der Waals surface area contributed by atoms with Gasteiger partial charge in [0.2, 0.25) is 0 Å². The van der Waals surface area contributed by atoms with Crippen molar-refractivity contribution in [3.05, 3.63) is 62.5 Å². The van der Waals surface area contributed by atoms with Crippen LogP contribution in [-0.2, 0) is 24.2 Å². The third-order valence-corrected chi connectivity index (χ3v) is 6.76. The maximum Gasteiger partial charge on any atom is 0.262 e. The molecule has 0 unspecified atom stereocenters. The standard InChI is InChI=1S/C23H26N4O2S/c1-14(2)17-7-5-16(6-8-17)11-25-26-20(28)12-27-13-24-22-21(23(27)29)18-9-4-15(3)10-19(18)30-22/h5-8,11,13-15H,4,9-10,12H2,1-3H3,(H,26,28)/t15-/m1/s1. The Balaban J connectivity index is 1.45. The van der Waals surface area contributed by atoms with Gasteiger partial charge in [-0.1, -0.05) is 45.0 Å². The van der Waals surface area contributed by atoms with E-state index in [9.17, 15) is 9.59 Å². The van der Waals surface area contributed by atoms with E-state index in [4.69, 9.17) is 0 Å². The largest absolute Gasteiger partial charge is 0.289 e. The predicted molar refractivity (Wildman–Crippen MR) is 121 cm³/mol. The number of aromatic nitrogens is 2. The van der Waals surface area contributed by atoms with Crippen molar-refractivity contribution in [3.63, 3.8) is 0 Å². The molecule has 0 radical (unpaired) electrons. The third kappa shape index (κ3) is 4.21. The second-order valence-electron chi connectivity index (χ2n) is 8.32. The summed E-state index contributed by atoms with van der Waals surface area (Å²) < 4.78 is 1.37. The highest BCUT2D eigenvalue weighted by atomic mass is 32.1. The van der Waals surface area contributed by atoms with Crippen LogP contribution in [0.1, 0.15) is 54.7 Å². The van der Waals surface area contributed by atoms with E-state index >= 15 is 0 Å². The first-order chi connectivity index (χ1) is 14.4. The van der Waals surface area contributed by atoms with Gasteiger partial charge in [0, 0.05) is 4.88 Å². The number of rotatable bonds is 5. The lowest BCUT2D eigenvalue weighted by Crippen LogP contribution is -2.30. The van der Waals surface area contributed by atoms with Crippen molar-refractivity contribution in [1.82, 2.24) is 15.0 Å². The first-order valence-corrected chi connectivity index (χ1v) is 11.2. The van der Waals surface area contributed by atoms with Crippen LogP contribution in [-0.4, -0.2) is 21.7 Å². The molecule has 1 N–H and O–H groups in total. The van der Waals surface area contributed by atoms with Crippen LogP contribution in [0.5, 0.6) is 0 Å². The van der Waals surface area contributed by atoms with Crippen LogP contribution < -0.4 is 11.0 Å².